The number of rotatable bonds is 5. The van der Waals surface area contributed by atoms with Crippen molar-refractivity contribution in [3.8, 4) is 5.75 Å². The van der Waals surface area contributed by atoms with Crippen molar-refractivity contribution in [2.24, 2.45) is 0 Å². The summed E-state index contributed by atoms with van der Waals surface area (Å²) in [6, 6.07) is 14.7. The van der Waals surface area contributed by atoms with Crippen LogP contribution in [0.4, 0.5) is 5.95 Å². The number of aliphatic hydroxyl groups is 1. The van der Waals surface area contributed by atoms with E-state index in [1.54, 1.807) is 36.4 Å². The molecule has 1 fully saturated rings. The molecule has 2 N–H and O–H groups in total. The molecule has 0 radical (unpaired) electrons. The van der Waals surface area contributed by atoms with E-state index in [4.69, 9.17) is 9.15 Å². The smallest absolute Gasteiger partial charge is 0.302 e. The summed E-state index contributed by atoms with van der Waals surface area (Å²) in [6.45, 7) is 4.33. The van der Waals surface area contributed by atoms with Crippen molar-refractivity contribution in [1.82, 2.24) is 9.97 Å². The number of carbonyl (C=O) groups excluding carboxylic acids is 2. The van der Waals surface area contributed by atoms with Gasteiger partial charge in [0.2, 0.25) is 5.95 Å². The number of aromatic amines is 1. The predicted molar refractivity (Wildman–Crippen MR) is 122 cm³/mol. The zero-order valence-electron chi connectivity index (χ0n) is 18.0. The van der Waals surface area contributed by atoms with E-state index in [1.807, 2.05) is 32.0 Å². The van der Waals surface area contributed by atoms with Crippen LogP contribution in [-0.4, -0.2) is 33.4 Å². The number of hydrogen-bond acceptors (Lipinski definition) is 6. The lowest BCUT2D eigenvalue weighted by atomic mass is 9.99. The molecule has 2 aromatic heterocycles. The number of ether oxygens (including phenoxy) is 1. The van der Waals surface area contributed by atoms with Gasteiger partial charge < -0.3 is 19.2 Å². The molecule has 33 heavy (non-hydrogen) atoms. The van der Waals surface area contributed by atoms with Gasteiger partial charge in [-0.05, 0) is 67.9 Å². The van der Waals surface area contributed by atoms with Crippen LogP contribution in [0.5, 0.6) is 5.75 Å². The van der Waals surface area contributed by atoms with Gasteiger partial charge in [-0.1, -0.05) is 6.07 Å². The minimum absolute atomic E-state index is 0.0734. The van der Waals surface area contributed by atoms with Gasteiger partial charge in [-0.2, -0.15) is 0 Å². The predicted octanol–water partition coefficient (Wildman–Crippen LogP) is 4.49. The van der Waals surface area contributed by atoms with Crippen molar-refractivity contribution < 1.29 is 23.8 Å². The van der Waals surface area contributed by atoms with Crippen LogP contribution in [0.3, 0.4) is 0 Å². The Morgan fingerprint density at radius 1 is 1.18 bits per heavy atom. The number of benzene rings is 2. The first-order valence-corrected chi connectivity index (χ1v) is 10.5. The highest BCUT2D eigenvalue weighted by atomic mass is 16.5. The number of aliphatic hydroxyl groups excluding tert-OH is 1. The number of nitrogens with one attached hydrogen (secondary N) is 1. The molecule has 0 spiro atoms. The van der Waals surface area contributed by atoms with Crippen molar-refractivity contribution in [2.75, 3.05) is 11.5 Å². The Balaban J connectivity index is 1.65. The zero-order chi connectivity index (χ0) is 23.1. The molecule has 0 saturated carbocycles. The van der Waals surface area contributed by atoms with E-state index in [0.29, 0.717) is 29.2 Å². The molecule has 1 atom stereocenters. The molecule has 1 aliphatic rings. The fraction of sp³-hybridized carbons (Fsp3) is 0.160. The summed E-state index contributed by atoms with van der Waals surface area (Å²) in [5.74, 6) is -0.760. The average Bonchev–Trinajstić information content (AvgIpc) is 3.53. The Labute approximate surface area is 189 Å². The lowest BCUT2D eigenvalue weighted by Crippen LogP contribution is -2.30. The minimum Gasteiger partial charge on any atom is -0.507 e. The van der Waals surface area contributed by atoms with Crippen molar-refractivity contribution in [2.45, 2.75) is 19.9 Å². The Bertz CT molecular complexity index is 1380. The molecule has 8 nitrogen and oxygen atoms in total. The van der Waals surface area contributed by atoms with Crippen molar-refractivity contribution in [3.63, 3.8) is 0 Å². The summed E-state index contributed by atoms with van der Waals surface area (Å²) >= 11 is 0. The molecule has 8 heteroatoms. The van der Waals surface area contributed by atoms with Crippen LogP contribution in [0.25, 0.3) is 16.8 Å². The van der Waals surface area contributed by atoms with E-state index in [-0.39, 0.29) is 17.3 Å². The highest BCUT2D eigenvalue weighted by Gasteiger charge is 2.49. The summed E-state index contributed by atoms with van der Waals surface area (Å²) in [6.07, 6.45) is 1.45. The quantitative estimate of drug-likeness (QED) is 0.267. The third kappa shape index (κ3) is 3.45. The fourth-order valence-corrected chi connectivity index (χ4v) is 4.02. The first-order chi connectivity index (χ1) is 16.0. The molecule has 2 aromatic carbocycles. The molecule has 1 amide bonds. The number of aryl methyl sites for hydroxylation is 1. The molecular formula is C25H21N3O5. The summed E-state index contributed by atoms with van der Waals surface area (Å²) in [4.78, 5) is 35.1. The second-order valence-electron chi connectivity index (χ2n) is 7.72. The number of anilines is 1. The van der Waals surface area contributed by atoms with Gasteiger partial charge in [-0.25, -0.2) is 4.98 Å². The van der Waals surface area contributed by atoms with Crippen LogP contribution in [0.1, 0.15) is 29.9 Å². The number of fused-ring (bicyclic) bond motifs is 1. The van der Waals surface area contributed by atoms with Crippen LogP contribution in [0.15, 0.2) is 70.9 Å². The molecule has 166 valence electrons. The average molecular weight is 443 g/mol. The summed E-state index contributed by atoms with van der Waals surface area (Å²) in [5.41, 5.74) is 2.72. The number of amides is 1. The first kappa shape index (κ1) is 20.6. The molecule has 5 rings (SSSR count). The number of imidazole rings is 1. The lowest BCUT2D eigenvalue weighted by molar-refractivity contribution is -0.132. The number of ketones is 1. The maximum atomic E-state index is 13.2. The SMILES string of the molecule is CCOc1ccc(/C(O)=C2\C(=O)C(=O)N(c3nc4ccc(C)cc4[nH]3)C2c2ccco2)cc1. The summed E-state index contributed by atoms with van der Waals surface area (Å²) in [5, 5.41) is 11.1. The number of nitrogens with zero attached hydrogens (tertiary/aromatic N) is 2. The molecule has 1 saturated heterocycles. The van der Waals surface area contributed by atoms with Gasteiger partial charge in [0.1, 0.15) is 23.3 Å². The number of aromatic nitrogens is 2. The van der Waals surface area contributed by atoms with E-state index >= 15 is 0 Å². The standard InChI is InChI=1S/C25H21N3O5/c1-3-32-16-9-7-15(8-10-16)22(29)20-21(19-5-4-12-33-19)28(24(31)23(20)30)25-26-17-11-6-14(2)13-18(17)27-25/h4-13,21,29H,3H2,1-2H3,(H,26,27)/b22-20+. The number of hydrogen-bond donors (Lipinski definition) is 2. The molecule has 0 bridgehead atoms. The van der Waals surface area contributed by atoms with Crippen LogP contribution >= 0.6 is 0 Å². The minimum atomic E-state index is -0.978. The zero-order valence-corrected chi connectivity index (χ0v) is 18.0. The van der Waals surface area contributed by atoms with E-state index in [9.17, 15) is 14.7 Å². The van der Waals surface area contributed by atoms with Gasteiger partial charge >= 0.3 is 5.91 Å². The van der Waals surface area contributed by atoms with E-state index in [2.05, 4.69) is 9.97 Å². The Kier molecular flexibility index (Phi) is 4.97. The Morgan fingerprint density at radius 3 is 2.67 bits per heavy atom. The number of Topliss-reactive ketones (excluding diaryl/α,β-unsaturated/α-hetero) is 1. The number of furan rings is 1. The number of H-pyrrole nitrogens is 1. The van der Waals surface area contributed by atoms with Gasteiger partial charge in [0.25, 0.3) is 5.78 Å². The van der Waals surface area contributed by atoms with Gasteiger partial charge in [-0.15, -0.1) is 0 Å². The second kappa shape index (κ2) is 7.98. The van der Waals surface area contributed by atoms with Crippen LogP contribution in [0, 0.1) is 6.92 Å². The van der Waals surface area contributed by atoms with Gasteiger partial charge in [0, 0.05) is 5.56 Å². The molecule has 3 heterocycles. The highest BCUT2D eigenvalue weighted by Crippen LogP contribution is 2.42. The highest BCUT2D eigenvalue weighted by molar-refractivity contribution is 6.51. The van der Waals surface area contributed by atoms with Gasteiger partial charge in [0.05, 0.1) is 29.5 Å². The number of carbonyl (C=O) groups is 2. The normalized spacial score (nSPS) is 17.8. The molecular weight excluding hydrogens is 422 g/mol. The van der Waals surface area contributed by atoms with E-state index in [0.717, 1.165) is 11.1 Å². The Hall–Kier alpha value is -4.33. The summed E-state index contributed by atoms with van der Waals surface area (Å²) < 4.78 is 11.0. The lowest BCUT2D eigenvalue weighted by Gasteiger charge is -2.20. The Morgan fingerprint density at radius 2 is 1.97 bits per heavy atom. The fourth-order valence-electron chi connectivity index (χ4n) is 4.02. The van der Waals surface area contributed by atoms with Gasteiger partial charge in [0.15, 0.2) is 0 Å². The van der Waals surface area contributed by atoms with E-state index in [1.165, 1.54) is 11.2 Å². The van der Waals surface area contributed by atoms with Crippen molar-refractivity contribution in [1.29, 1.82) is 0 Å². The maximum absolute atomic E-state index is 13.2. The van der Waals surface area contributed by atoms with Crippen molar-refractivity contribution >= 4 is 34.4 Å². The molecule has 1 aliphatic heterocycles. The van der Waals surface area contributed by atoms with Crippen LogP contribution in [-0.2, 0) is 9.59 Å². The third-order valence-corrected chi connectivity index (χ3v) is 5.55. The third-order valence-electron chi connectivity index (χ3n) is 5.55. The largest absolute Gasteiger partial charge is 0.507 e. The first-order valence-electron chi connectivity index (χ1n) is 10.5. The second-order valence-corrected chi connectivity index (χ2v) is 7.72. The molecule has 1 unspecified atom stereocenters. The maximum Gasteiger partial charge on any atom is 0.302 e. The van der Waals surface area contributed by atoms with Gasteiger partial charge in [-0.3, -0.25) is 14.5 Å². The summed E-state index contributed by atoms with van der Waals surface area (Å²) in [7, 11) is 0. The van der Waals surface area contributed by atoms with Crippen LogP contribution < -0.4 is 9.64 Å². The molecule has 4 aromatic rings. The molecule has 0 aliphatic carbocycles. The van der Waals surface area contributed by atoms with Crippen molar-refractivity contribution in [3.05, 3.63) is 83.3 Å². The van der Waals surface area contributed by atoms with E-state index < -0.39 is 17.7 Å². The topological polar surface area (TPSA) is 109 Å². The van der Waals surface area contributed by atoms with Crippen LogP contribution in [0.2, 0.25) is 0 Å². The monoisotopic (exact) mass is 443 g/mol.